The maximum atomic E-state index is 12.2. The molecular formula is C15H18N6O3S. The van der Waals surface area contributed by atoms with Crippen molar-refractivity contribution in [1.82, 2.24) is 20.1 Å². The number of amides is 1. The molecular weight excluding hydrogens is 344 g/mol. The van der Waals surface area contributed by atoms with Crippen molar-refractivity contribution in [1.29, 1.82) is 0 Å². The normalized spacial score (nSPS) is 15.0. The zero-order valence-corrected chi connectivity index (χ0v) is 14.4. The Morgan fingerprint density at radius 3 is 2.92 bits per heavy atom. The molecule has 0 spiro atoms. The number of nitrogens with zero attached hydrogens (tertiary/aromatic N) is 4. The molecule has 1 heterocycles. The lowest BCUT2D eigenvalue weighted by atomic mass is 10.1. The third kappa shape index (κ3) is 4.15. The summed E-state index contributed by atoms with van der Waals surface area (Å²) in [5.74, 6) is 0.106. The van der Waals surface area contributed by atoms with Crippen molar-refractivity contribution in [3.8, 4) is 0 Å². The Hall–Kier alpha value is -2.46. The van der Waals surface area contributed by atoms with E-state index in [1.54, 1.807) is 23.7 Å². The van der Waals surface area contributed by atoms with E-state index in [2.05, 4.69) is 15.5 Å². The molecule has 1 aromatic carbocycles. The summed E-state index contributed by atoms with van der Waals surface area (Å²) < 4.78 is 1.66. The van der Waals surface area contributed by atoms with Crippen LogP contribution in [-0.2, 0) is 7.05 Å². The van der Waals surface area contributed by atoms with Gasteiger partial charge in [-0.3, -0.25) is 14.9 Å². The largest absolute Gasteiger partial charge is 0.350 e. The lowest BCUT2D eigenvalue weighted by molar-refractivity contribution is -0.387. The Labute approximate surface area is 148 Å². The van der Waals surface area contributed by atoms with Crippen LogP contribution >= 0.6 is 11.8 Å². The fourth-order valence-electron chi connectivity index (χ4n) is 2.35. The highest BCUT2D eigenvalue weighted by Crippen LogP contribution is 2.34. The molecule has 1 aliphatic carbocycles. The van der Waals surface area contributed by atoms with E-state index in [9.17, 15) is 14.9 Å². The fourth-order valence-corrected chi connectivity index (χ4v) is 3.20. The molecule has 0 aliphatic heterocycles. The Balaban J connectivity index is 1.75. The smallest absolute Gasteiger partial charge is 0.284 e. The third-order valence-corrected chi connectivity index (χ3v) is 5.13. The fraction of sp³-hybridized carbons (Fsp3) is 0.400. The molecule has 1 unspecified atom stereocenters. The first-order valence-electron chi connectivity index (χ1n) is 7.79. The van der Waals surface area contributed by atoms with Crippen LogP contribution in [0.3, 0.4) is 0 Å². The Morgan fingerprint density at radius 2 is 2.32 bits per heavy atom. The average Bonchev–Trinajstić information content (AvgIpc) is 3.37. The van der Waals surface area contributed by atoms with Gasteiger partial charge in [0.25, 0.3) is 11.6 Å². The van der Waals surface area contributed by atoms with Crippen molar-refractivity contribution >= 4 is 23.4 Å². The molecule has 2 aromatic rings. The maximum Gasteiger partial charge on any atom is 0.284 e. The summed E-state index contributed by atoms with van der Waals surface area (Å²) >= 11 is 1.12. The number of nitro benzene ring substituents is 1. The molecule has 0 saturated heterocycles. The van der Waals surface area contributed by atoms with E-state index in [0.29, 0.717) is 22.5 Å². The van der Waals surface area contributed by atoms with Gasteiger partial charge in [-0.25, -0.2) is 0 Å². The van der Waals surface area contributed by atoms with Gasteiger partial charge in [-0.1, -0.05) is 0 Å². The van der Waals surface area contributed by atoms with E-state index in [-0.39, 0.29) is 23.2 Å². The van der Waals surface area contributed by atoms with Crippen molar-refractivity contribution in [3.63, 3.8) is 0 Å². The van der Waals surface area contributed by atoms with Crippen molar-refractivity contribution in [2.45, 2.75) is 28.9 Å². The highest BCUT2D eigenvalue weighted by atomic mass is 32.2. The number of nitrogens with two attached hydrogens (primary N) is 1. The Bertz CT molecular complexity index is 804. The van der Waals surface area contributed by atoms with Crippen LogP contribution in [-0.4, -0.2) is 38.2 Å². The van der Waals surface area contributed by atoms with Gasteiger partial charge in [0.1, 0.15) is 6.33 Å². The topological polar surface area (TPSA) is 129 Å². The number of aromatic nitrogens is 3. The predicted molar refractivity (Wildman–Crippen MR) is 91.3 cm³/mol. The van der Waals surface area contributed by atoms with Crippen LogP contribution in [0.1, 0.15) is 23.2 Å². The van der Waals surface area contributed by atoms with Crippen molar-refractivity contribution in [2.24, 2.45) is 18.7 Å². The first kappa shape index (κ1) is 17.4. The van der Waals surface area contributed by atoms with Gasteiger partial charge in [-0.2, -0.15) is 0 Å². The molecule has 0 radical (unpaired) electrons. The number of hydrogen-bond donors (Lipinski definition) is 2. The molecule has 1 amide bonds. The third-order valence-electron chi connectivity index (χ3n) is 4.01. The van der Waals surface area contributed by atoms with Crippen LogP contribution in [0, 0.1) is 16.0 Å². The number of nitro groups is 1. The van der Waals surface area contributed by atoms with Crippen LogP contribution < -0.4 is 11.1 Å². The zero-order chi connectivity index (χ0) is 18.0. The number of benzene rings is 1. The lowest BCUT2D eigenvalue weighted by Gasteiger charge is -2.12. The van der Waals surface area contributed by atoms with Gasteiger partial charge in [-0.15, -0.1) is 10.2 Å². The van der Waals surface area contributed by atoms with Crippen LogP contribution in [0.5, 0.6) is 0 Å². The molecule has 9 nitrogen and oxygen atoms in total. The van der Waals surface area contributed by atoms with E-state index < -0.39 is 4.92 Å². The molecule has 10 heteroatoms. The Morgan fingerprint density at radius 1 is 1.56 bits per heavy atom. The predicted octanol–water partition coefficient (Wildman–Crippen LogP) is 1.34. The first-order valence-corrected chi connectivity index (χ1v) is 8.61. The summed E-state index contributed by atoms with van der Waals surface area (Å²) in [5.41, 5.74) is 6.04. The van der Waals surface area contributed by atoms with Crippen LogP contribution in [0.15, 0.2) is 34.6 Å². The summed E-state index contributed by atoms with van der Waals surface area (Å²) in [4.78, 5) is 23.5. The molecule has 132 valence electrons. The van der Waals surface area contributed by atoms with Gasteiger partial charge in [-0.05, 0) is 42.7 Å². The zero-order valence-electron chi connectivity index (χ0n) is 13.6. The van der Waals surface area contributed by atoms with E-state index in [4.69, 9.17) is 5.73 Å². The van der Waals surface area contributed by atoms with Crippen molar-refractivity contribution in [2.75, 3.05) is 6.54 Å². The molecule has 3 rings (SSSR count). The molecule has 1 aliphatic rings. The second-order valence-electron chi connectivity index (χ2n) is 5.98. The molecule has 1 fully saturated rings. The minimum absolute atomic E-state index is 0.0651. The summed E-state index contributed by atoms with van der Waals surface area (Å²) in [6.07, 6.45) is 3.70. The average molecular weight is 362 g/mol. The number of hydrogen-bond acceptors (Lipinski definition) is 7. The molecule has 25 heavy (non-hydrogen) atoms. The summed E-state index contributed by atoms with van der Waals surface area (Å²) in [5, 5.41) is 22.3. The highest BCUT2D eigenvalue weighted by molar-refractivity contribution is 7.99. The number of carbonyl (C=O) groups excluding carboxylic acids is 1. The molecule has 3 N–H and O–H groups in total. The van der Waals surface area contributed by atoms with Gasteiger partial charge in [0.05, 0.1) is 9.82 Å². The minimum atomic E-state index is -0.509. The molecule has 1 atom stereocenters. The van der Waals surface area contributed by atoms with Crippen LogP contribution in [0.2, 0.25) is 0 Å². The van der Waals surface area contributed by atoms with Gasteiger partial charge in [0.2, 0.25) is 0 Å². The van der Waals surface area contributed by atoms with Gasteiger partial charge < -0.3 is 15.6 Å². The molecule has 1 aromatic heterocycles. The maximum absolute atomic E-state index is 12.2. The van der Waals surface area contributed by atoms with Gasteiger partial charge in [0, 0.05) is 31.3 Å². The van der Waals surface area contributed by atoms with E-state index in [1.807, 2.05) is 0 Å². The Kier molecular flexibility index (Phi) is 5.00. The summed E-state index contributed by atoms with van der Waals surface area (Å²) in [6, 6.07) is 4.32. The summed E-state index contributed by atoms with van der Waals surface area (Å²) in [7, 11) is 1.75. The standard InChI is InChI=1S/C15H18N6O3S/c1-20-8-18-19-15(20)25-13-5-4-10(6-12(13)21(23)24)14(22)17-7-11(16)9-2-3-9/h4-6,8-9,11H,2-3,7,16H2,1H3,(H,17,22). The van der Waals surface area contributed by atoms with E-state index in [1.165, 1.54) is 12.4 Å². The van der Waals surface area contributed by atoms with Gasteiger partial charge >= 0.3 is 0 Å². The lowest BCUT2D eigenvalue weighted by Crippen LogP contribution is -2.38. The molecule has 0 bridgehead atoms. The number of carbonyl (C=O) groups is 1. The number of rotatable bonds is 7. The second kappa shape index (κ2) is 7.19. The SMILES string of the molecule is Cn1cnnc1Sc1ccc(C(=O)NCC(N)C2CC2)cc1[N+](=O)[O-]. The highest BCUT2D eigenvalue weighted by Gasteiger charge is 2.28. The van der Waals surface area contributed by atoms with Crippen molar-refractivity contribution < 1.29 is 9.72 Å². The minimum Gasteiger partial charge on any atom is -0.350 e. The second-order valence-corrected chi connectivity index (χ2v) is 6.99. The van der Waals surface area contributed by atoms with Crippen LogP contribution in [0.25, 0.3) is 0 Å². The number of aryl methyl sites for hydroxylation is 1. The first-order chi connectivity index (χ1) is 12.0. The van der Waals surface area contributed by atoms with E-state index in [0.717, 1.165) is 24.6 Å². The van der Waals surface area contributed by atoms with Gasteiger partial charge in [0.15, 0.2) is 5.16 Å². The van der Waals surface area contributed by atoms with Crippen LogP contribution in [0.4, 0.5) is 5.69 Å². The van der Waals surface area contributed by atoms with Crippen molar-refractivity contribution in [3.05, 3.63) is 40.2 Å². The number of nitrogens with one attached hydrogen (secondary N) is 1. The van der Waals surface area contributed by atoms with E-state index >= 15 is 0 Å². The quantitative estimate of drug-likeness (QED) is 0.561. The summed E-state index contributed by atoms with van der Waals surface area (Å²) in [6.45, 7) is 0.368. The monoisotopic (exact) mass is 362 g/mol. The molecule has 1 saturated carbocycles.